The zero-order chi connectivity index (χ0) is 13.8. The van der Waals surface area contributed by atoms with Gasteiger partial charge in [0.05, 0.1) is 0 Å². The lowest BCUT2D eigenvalue weighted by molar-refractivity contribution is -0.146. The molecule has 0 heterocycles. The molecule has 1 aliphatic carbocycles. The highest BCUT2D eigenvalue weighted by atomic mass is 35.5. The lowest BCUT2D eigenvalue weighted by Gasteiger charge is -2.31. The van der Waals surface area contributed by atoms with Crippen molar-refractivity contribution in [3.05, 3.63) is 0 Å². The van der Waals surface area contributed by atoms with Crippen molar-refractivity contribution in [2.45, 2.75) is 56.4 Å². The summed E-state index contributed by atoms with van der Waals surface area (Å²) in [6.07, 6.45) is 3.98. The highest BCUT2D eigenvalue weighted by Gasteiger charge is 2.44. The Morgan fingerprint density at radius 1 is 1.25 bits per heavy atom. The monoisotopic (exact) mass is 330 g/mol. The van der Waals surface area contributed by atoms with Crippen LogP contribution in [0.4, 0.5) is 0 Å². The number of hydrogen-bond donors (Lipinski definition) is 5. The first-order valence-corrected chi connectivity index (χ1v) is 6.50. The van der Waals surface area contributed by atoms with Crippen LogP contribution < -0.4 is 11.5 Å². The van der Waals surface area contributed by atoms with Gasteiger partial charge in [0.25, 0.3) is 0 Å². The molecule has 0 saturated heterocycles. The molecule has 0 amide bonds. The normalized spacial score (nSPS) is 24.2. The van der Waals surface area contributed by atoms with Crippen LogP contribution in [0, 0.1) is 5.92 Å². The molecule has 1 rings (SSSR count). The summed E-state index contributed by atoms with van der Waals surface area (Å²) in [5.41, 5.74) is 10.6. The predicted molar refractivity (Wildman–Crippen MR) is 83.2 cm³/mol. The maximum atomic E-state index is 11.4. The molecule has 7 N–H and O–H groups in total. The van der Waals surface area contributed by atoms with E-state index in [2.05, 4.69) is 0 Å². The molecule has 0 aromatic heterocycles. The summed E-state index contributed by atoms with van der Waals surface area (Å²) >= 11 is 0. The second kappa shape index (κ2) is 9.81. The molecule has 0 aromatic carbocycles. The van der Waals surface area contributed by atoms with Gasteiger partial charge in [-0.25, -0.2) is 0 Å². The maximum absolute atomic E-state index is 11.4. The average Bonchev–Trinajstić information content (AvgIpc) is 2.71. The summed E-state index contributed by atoms with van der Waals surface area (Å²) in [6, 6.07) is 0.0524. The van der Waals surface area contributed by atoms with E-state index >= 15 is 0 Å². The molecule has 0 bridgehead atoms. The summed E-state index contributed by atoms with van der Waals surface area (Å²) in [4.78, 5) is 11.4. The van der Waals surface area contributed by atoms with Gasteiger partial charge in [-0.2, -0.15) is 0 Å². The van der Waals surface area contributed by atoms with Gasteiger partial charge in [0.15, 0.2) is 0 Å². The zero-order valence-corrected chi connectivity index (χ0v) is 13.0. The van der Waals surface area contributed by atoms with Gasteiger partial charge < -0.3 is 26.6 Å². The molecule has 0 spiro atoms. The number of aliphatic carboxylic acids is 1. The van der Waals surface area contributed by atoms with E-state index < -0.39 is 18.6 Å². The first-order valence-electron chi connectivity index (χ1n) is 6.50. The van der Waals surface area contributed by atoms with Crippen LogP contribution in [0.1, 0.15) is 38.5 Å². The van der Waals surface area contributed by atoms with Crippen molar-refractivity contribution < 1.29 is 19.9 Å². The highest BCUT2D eigenvalue weighted by Crippen LogP contribution is 2.35. The van der Waals surface area contributed by atoms with Gasteiger partial charge in [-0.1, -0.05) is 12.8 Å². The van der Waals surface area contributed by atoms with Crippen LogP contribution in [0.25, 0.3) is 0 Å². The molecular formula is C11H25BCl2N2O4. The molecule has 9 heteroatoms. The van der Waals surface area contributed by atoms with E-state index in [1.165, 1.54) is 0 Å². The quantitative estimate of drug-likeness (QED) is 0.339. The van der Waals surface area contributed by atoms with Crippen molar-refractivity contribution in [3.8, 4) is 0 Å². The largest absolute Gasteiger partial charge is 0.480 e. The van der Waals surface area contributed by atoms with Gasteiger partial charge in [0.2, 0.25) is 0 Å². The third-order valence-corrected chi connectivity index (χ3v) is 3.90. The Morgan fingerprint density at radius 3 is 2.25 bits per heavy atom. The summed E-state index contributed by atoms with van der Waals surface area (Å²) in [5, 5.41) is 26.8. The van der Waals surface area contributed by atoms with Gasteiger partial charge >= 0.3 is 13.1 Å². The number of nitrogens with two attached hydrogens (primary N) is 2. The fourth-order valence-electron chi connectivity index (χ4n) is 2.71. The Bertz CT molecular complexity index is 300. The average molecular weight is 331 g/mol. The minimum Gasteiger partial charge on any atom is -0.480 e. The Morgan fingerprint density at radius 2 is 1.85 bits per heavy atom. The molecular weight excluding hydrogens is 306 g/mol. The van der Waals surface area contributed by atoms with Gasteiger partial charge in [-0.15, -0.1) is 24.8 Å². The zero-order valence-electron chi connectivity index (χ0n) is 11.4. The van der Waals surface area contributed by atoms with E-state index in [1.807, 2.05) is 0 Å². The Kier molecular flexibility index (Phi) is 10.9. The second-order valence-electron chi connectivity index (χ2n) is 5.34. The predicted octanol–water partition coefficient (Wildman–Crippen LogP) is 0.383. The van der Waals surface area contributed by atoms with Gasteiger partial charge in [-0.05, 0) is 37.9 Å². The molecule has 120 valence electrons. The summed E-state index contributed by atoms with van der Waals surface area (Å²) < 4.78 is 0. The van der Waals surface area contributed by atoms with Crippen LogP contribution >= 0.6 is 24.8 Å². The smallest absolute Gasteiger partial charge is 0.451 e. The molecule has 0 radical (unpaired) electrons. The molecule has 20 heavy (non-hydrogen) atoms. The number of halogens is 2. The van der Waals surface area contributed by atoms with E-state index in [0.717, 1.165) is 12.8 Å². The molecule has 0 aliphatic heterocycles. The topological polar surface area (TPSA) is 130 Å². The van der Waals surface area contributed by atoms with E-state index in [4.69, 9.17) is 21.5 Å². The van der Waals surface area contributed by atoms with E-state index in [9.17, 15) is 9.90 Å². The number of hydrogen-bond acceptors (Lipinski definition) is 5. The van der Waals surface area contributed by atoms with E-state index in [1.54, 1.807) is 0 Å². The first kappa shape index (κ1) is 22.2. The van der Waals surface area contributed by atoms with Crippen LogP contribution in [0.15, 0.2) is 0 Å². The van der Waals surface area contributed by atoms with Gasteiger partial charge in [-0.3, -0.25) is 4.79 Å². The Hall–Kier alpha value is -0.0451. The Labute approximate surface area is 132 Å². The number of carboxylic acids is 1. The molecule has 1 saturated carbocycles. The van der Waals surface area contributed by atoms with Crippen LogP contribution in [-0.4, -0.2) is 39.8 Å². The number of unbranched alkanes of at least 4 members (excludes halogenated alkanes) is 1. The number of carboxylic acid groups (broad SMARTS) is 1. The van der Waals surface area contributed by atoms with Gasteiger partial charge in [0.1, 0.15) is 5.54 Å². The van der Waals surface area contributed by atoms with Crippen LogP contribution in [-0.2, 0) is 4.79 Å². The summed E-state index contributed by atoms with van der Waals surface area (Å²) in [7, 11) is -1.33. The number of rotatable bonds is 7. The third kappa shape index (κ3) is 6.16. The lowest BCUT2D eigenvalue weighted by Crippen LogP contribution is -2.53. The van der Waals surface area contributed by atoms with Crippen molar-refractivity contribution in [3.63, 3.8) is 0 Å². The first-order chi connectivity index (χ1) is 8.36. The fourth-order valence-corrected chi connectivity index (χ4v) is 2.71. The third-order valence-electron chi connectivity index (χ3n) is 3.90. The van der Waals surface area contributed by atoms with Crippen molar-refractivity contribution >= 4 is 37.9 Å². The van der Waals surface area contributed by atoms with Crippen LogP contribution in [0.3, 0.4) is 0 Å². The minimum absolute atomic E-state index is 0. The number of carbonyl (C=O) groups is 1. The maximum Gasteiger partial charge on any atom is 0.451 e. The standard InChI is InChI=1S/C11H23BN2O4.2ClH/c13-9-4-3-8(7-9)11(14,10(15)16)5-1-2-6-12(17)18;;/h8-9,17-18H,1-7,13-14H2,(H,15,16);2*1H/t8-,9+,11?;;/m1../s1. The molecule has 1 aliphatic rings. The van der Waals surface area contributed by atoms with Crippen molar-refractivity contribution in [1.82, 2.24) is 0 Å². The molecule has 1 unspecified atom stereocenters. The molecule has 6 nitrogen and oxygen atoms in total. The Balaban J connectivity index is 0. The summed E-state index contributed by atoms with van der Waals surface area (Å²) in [6.45, 7) is 0. The second-order valence-corrected chi connectivity index (χ2v) is 5.34. The summed E-state index contributed by atoms with van der Waals surface area (Å²) in [5.74, 6) is -1.06. The van der Waals surface area contributed by atoms with Crippen molar-refractivity contribution in [1.29, 1.82) is 0 Å². The fraction of sp³-hybridized carbons (Fsp3) is 0.909. The molecule has 3 atom stereocenters. The van der Waals surface area contributed by atoms with E-state index in [0.29, 0.717) is 25.7 Å². The van der Waals surface area contributed by atoms with E-state index in [-0.39, 0.29) is 43.1 Å². The molecule has 0 aromatic rings. The van der Waals surface area contributed by atoms with Crippen LogP contribution in [0.2, 0.25) is 6.32 Å². The minimum atomic E-state index is -1.33. The van der Waals surface area contributed by atoms with Crippen molar-refractivity contribution in [2.75, 3.05) is 0 Å². The lowest BCUT2D eigenvalue weighted by atomic mass is 9.77. The molecule has 1 fully saturated rings. The van der Waals surface area contributed by atoms with Gasteiger partial charge in [0, 0.05) is 6.04 Å². The van der Waals surface area contributed by atoms with Crippen LogP contribution in [0.5, 0.6) is 0 Å². The van der Waals surface area contributed by atoms with Crippen molar-refractivity contribution in [2.24, 2.45) is 17.4 Å². The highest BCUT2D eigenvalue weighted by molar-refractivity contribution is 6.40. The SMILES string of the molecule is Cl.Cl.N[C@H]1CC[C@@H](C(N)(CCCCB(O)O)C(=O)O)C1.